The lowest BCUT2D eigenvalue weighted by Crippen LogP contribution is -1.95. The molecule has 2 nitrogen and oxygen atoms in total. The summed E-state index contributed by atoms with van der Waals surface area (Å²) in [6.07, 6.45) is 4.41. The molecule has 21 heavy (non-hydrogen) atoms. The molecule has 0 amide bonds. The fraction of sp³-hybridized carbons (Fsp3) is 0.158. The van der Waals surface area contributed by atoms with Crippen molar-refractivity contribution in [2.24, 2.45) is 0 Å². The summed E-state index contributed by atoms with van der Waals surface area (Å²) in [5, 5.41) is 0. The van der Waals surface area contributed by atoms with Gasteiger partial charge in [-0.1, -0.05) is 42.5 Å². The molecular formula is C19H19NO. The van der Waals surface area contributed by atoms with Crippen LogP contribution in [0.15, 0.2) is 67.0 Å². The second-order valence-corrected chi connectivity index (χ2v) is 5.24. The Morgan fingerprint density at radius 1 is 0.905 bits per heavy atom. The molecule has 0 fully saturated rings. The van der Waals surface area contributed by atoms with E-state index in [1.807, 2.05) is 18.2 Å². The minimum atomic E-state index is 0.889. The van der Waals surface area contributed by atoms with Crippen molar-refractivity contribution in [1.82, 2.24) is 4.57 Å². The summed E-state index contributed by atoms with van der Waals surface area (Å²) >= 11 is 0. The molecule has 0 spiro atoms. The fourth-order valence-corrected chi connectivity index (χ4v) is 2.58. The smallest absolute Gasteiger partial charge is 0.118 e. The molecular weight excluding hydrogens is 258 g/mol. The van der Waals surface area contributed by atoms with Crippen molar-refractivity contribution < 1.29 is 4.74 Å². The standard InChI is InChI=1S/C19H19NO/c1-15-12-20(13-16-6-4-3-5-7-16)14-19(15)17-8-10-18(21-2)11-9-17/h3-12,14H,13H2,1-2H3. The molecule has 0 N–H and O–H groups in total. The Balaban J connectivity index is 1.86. The van der Waals surface area contributed by atoms with Gasteiger partial charge in [0.2, 0.25) is 0 Å². The van der Waals surface area contributed by atoms with Gasteiger partial charge in [0.1, 0.15) is 5.75 Å². The molecule has 0 aliphatic rings. The van der Waals surface area contributed by atoms with Crippen LogP contribution in [0.5, 0.6) is 5.75 Å². The van der Waals surface area contributed by atoms with Crippen molar-refractivity contribution in [3.05, 3.63) is 78.1 Å². The highest BCUT2D eigenvalue weighted by molar-refractivity contribution is 5.67. The molecule has 0 aliphatic carbocycles. The van der Waals surface area contributed by atoms with Crippen LogP contribution in [0.3, 0.4) is 0 Å². The van der Waals surface area contributed by atoms with Crippen LogP contribution in [0.2, 0.25) is 0 Å². The Labute approximate surface area is 125 Å². The van der Waals surface area contributed by atoms with E-state index in [4.69, 9.17) is 4.74 Å². The van der Waals surface area contributed by atoms with Crippen LogP contribution < -0.4 is 4.74 Å². The number of aromatic nitrogens is 1. The van der Waals surface area contributed by atoms with Crippen LogP contribution in [-0.4, -0.2) is 11.7 Å². The maximum Gasteiger partial charge on any atom is 0.118 e. The molecule has 106 valence electrons. The molecule has 1 heterocycles. The van der Waals surface area contributed by atoms with Crippen LogP contribution in [0.1, 0.15) is 11.1 Å². The second-order valence-electron chi connectivity index (χ2n) is 5.24. The zero-order chi connectivity index (χ0) is 14.7. The topological polar surface area (TPSA) is 14.2 Å². The average Bonchev–Trinajstić information content (AvgIpc) is 2.89. The Morgan fingerprint density at radius 2 is 1.62 bits per heavy atom. The number of hydrogen-bond donors (Lipinski definition) is 0. The second kappa shape index (κ2) is 5.88. The van der Waals surface area contributed by atoms with E-state index in [0.29, 0.717) is 0 Å². The molecule has 0 saturated heterocycles. The minimum Gasteiger partial charge on any atom is -0.497 e. The van der Waals surface area contributed by atoms with E-state index in [1.165, 1.54) is 22.3 Å². The van der Waals surface area contributed by atoms with Gasteiger partial charge in [-0.3, -0.25) is 0 Å². The zero-order valence-electron chi connectivity index (χ0n) is 12.4. The number of nitrogens with zero attached hydrogens (tertiary/aromatic N) is 1. The van der Waals surface area contributed by atoms with Crippen LogP contribution in [0.4, 0.5) is 0 Å². The van der Waals surface area contributed by atoms with Gasteiger partial charge < -0.3 is 9.30 Å². The number of methoxy groups -OCH3 is 1. The molecule has 2 heteroatoms. The summed E-state index contributed by atoms with van der Waals surface area (Å²) in [6.45, 7) is 3.05. The van der Waals surface area contributed by atoms with E-state index in [1.54, 1.807) is 7.11 Å². The van der Waals surface area contributed by atoms with Gasteiger partial charge in [-0.25, -0.2) is 0 Å². The molecule has 0 saturated carbocycles. The number of benzene rings is 2. The summed E-state index contributed by atoms with van der Waals surface area (Å²) in [5.74, 6) is 0.889. The number of rotatable bonds is 4. The SMILES string of the molecule is COc1ccc(-c2cn(Cc3ccccc3)cc2C)cc1. The largest absolute Gasteiger partial charge is 0.497 e. The lowest BCUT2D eigenvalue weighted by atomic mass is 10.1. The van der Waals surface area contributed by atoms with Crippen molar-refractivity contribution in [3.8, 4) is 16.9 Å². The van der Waals surface area contributed by atoms with Crippen molar-refractivity contribution in [1.29, 1.82) is 0 Å². The van der Waals surface area contributed by atoms with Gasteiger partial charge in [0.15, 0.2) is 0 Å². The van der Waals surface area contributed by atoms with E-state index in [2.05, 4.69) is 60.3 Å². The maximum atomic E-state index is 5.21. The van der Waals surface area contributed by atoms with Crippen molar-refractivity contribution in [2.75, 3.05) is 7.11 Å². The Bertz CT molecular complexity index is 711. The Hall–Kier alpha value is -2.48. The predicted molar refractivity (Wildman–Crippen MR) is 86.7 cm³/mol. The summed E-state index contributed by atoms with van der Waals surface area (Å²) < 4.78 is 7.45. The van der Waals surface area contributed by atoms with Crippen LogP contribution >= 0.6 is 0 Å². The molecule has 0 aliphatic heterocycles. The third kappa shape index (κ3) is 3.00. The summed E-state index contributed by atoms with van der Waals surface area (Å²) in [7, 11) is 1.69. The highest BCUT2D eigenvalue weighted by Gasteiger charge is 2.06. The minimum absolute atomic E-state index is 0.889. The van der Waals surface area contributed by atoms with Crippen LogP contribution in [-0.2, 0) is 6.54 Å². The first-order chi connectivity index (χ1) is 10.3. The van der Waals surface area contributed by atoms with Gasteiger partial charge in [-0.2, -0.15) is 0 Å². The zero-order valence-corrected chi connectivity index (χ0v) is 12.4. The molecule has 0 bridgehead atoms. The Morgan fingerprint density at radius 3 is 2.29 bits per heavy atom. The van der Waals surface area contributed by atoms with Crippen molar-refractivity contribution in [2.45, 2.75) is 13.5 Å². The van der Waals surface area contributed by atoms with E-state index in [0.717, 1.165) is 12.3 Å². The number of aryl methyl sites for hydroxylation is 1. The summed E-state index contributed by atoms with van der Waals surface area (Å²) in [4.78, 5) is 0. The molecule has 0 atom stereocenters. The quantitative estimate of drug-likeness (QED) is 0.684. The highest BCUT2D eigenvalue weighted by Crippen LogP contribution is 2.26. The molecule has 3 rings (SSSR count). The number of hydrogen-bond acceptors (Lipinski definition) is 1. The van der Waals surface area contributed by atoms with Crippen molar-refractivity contribution in [3.63, 3.8) is 0 Å². The van der Waals surface area contributed by atoms with Gasteiger partial charge in [-0.05, 0) is 35.7 Å². The third-order valence-electron chi connectivity index (χ3n) is 3.69. The van der Waals surface area contributed by atoms with E-state index in [9.17, 15) is 0 Å². The highest BCUT2D eigenvalue weighted by atomic mass is 16.5. The first-order valence-electron chi connectivity index (χ1n) is 7.11. The molecule has 0 radical (unpaired) electrons. The Kier molecular flexibility index (Phi) is 3.78. The van der Waals surface area contributed by atoms with Crippen LogP contribution in [0.25, 0.3) is 11.1 Å². The summed E-state index contributed by atoms with van der Waals surface area (Å²) in [5.41, 5.74) is 5.10. The monoisotopic (exact) mass is 277 g/mol. The maximum absolute atomic E-state index is 5.21. The molecule has 2 aromatic carbocycles. The van der Waals surface area contributed by atoms with E-state index < -0.39 is 0 Å². The summed E-state index contributed by atoms with van der Waals surface area (Å²) in [6, 6.07) is 18.7. The third-order valence-corrected chi connectivity index (χ3v) is 3.69. The van der Waals surface area contributed by atoms with Crippen molar-refractivity contribution >= 4 is 0 Å². The van der Waals surface area contributed by atoms with Gasteiger partial charge in [0.25, 0.3) is 0 Å². The van der Waals surface area contributed by atoms with Crippen LogP contribution in [0, 0.1) is 6.92 Å². The average molecular weight is 277 g/mol. The predicted octanol–water partition coefficient (Wildman–Crippen LogP) is 4.52. The van der Waals surface area contributed by atoms with Gasteiger partial charge in [0.05, 0.1) is 7.11 Å². The van der Waals surface area contributed by atoms with E-state index >= 15 is 0 Å². The lowest BCUT2D eigenvalue weighted by Gasteiger charge is -2.03. The van der Waals surface area contributed by atoms with E-state index in [-0.39, 0.29) is 0 Å². The molecule has 1 aromatic heterocycles. The van der Waals surface area contributed by atoms with Gasteiger partial charge in [-0.15, -0.1) is 0 Å². The molecule has 3 aromatic rings. The lowest BCUT2D eigenvalue weighted by molar-refractivity contribution is 0.415. The first kappa shape index (κ1) is 13.5. The fourth-order valence-electron chi connectivity index (χ4n) is 2.58. The first-order valence-corrected chi connectivity index (χ1v) is 7.11. The van der Waals surface area contributed by atoms with Gasteiger partial charge >= 0.3 is 0 Å². The van der Waals surface area contributed by atoms with Gasteiger partial charge in [0, 0.05) is 24.5 Å². The number of ether oxygens (including phenoxy) is 1. The normalized spacial score (nSPS) is 10.6. The molecule has 0 unspecified atom stereocenters.